The summed E-state index contributed by atoms with van der Waals surface area (Å²) in [5.41, 5.74) is 3.96. The smallest absolute Gasteiger partial charge is 0.293 e. The van der Waals surface area contributed by atoms with Crippen LogP contribution in [0.15, 0.2) is 24.3 Å². The van der Waals surface area contributed by atoms with E-state index < -0.39 is 4.92 Å². The quantitative estimate of drug-likeness (QED) is 0.600. The highest BCUT2D eigenvalue weighted by Gasteiger charge is 2.28. The molecule has 1 aromatic heterocycles. The molecule has 1 N–H and O–H groups in total. The van der Waals surface area contributed by atoms with Crippen molar-refractivity contribution in [2.24, 2.45) is 11.8 Å². The van der Waals surface area contributed by atoms with Crippen molar-refractivity contribution in [3.63, 3.8) is 0 Å². The summed E-state index contributed by atoms with van der Waals surface area (Å²) in [6.07, 6.45) is 1.12. The molecule has 1 fully saturated rings. The second-order valence-corrected chi connectivity index (χ2v) is 8.31. The average molecular weight is 396 g/mol. The molecule has 29 heavy (non-hydrogen) atoms. The largest absolute Gasteiger partial charge is 0.365 e. The molecule has 2 aromatic rings. The number of carbonyl (C=O) groups excluding carboxylic acids is 1. The van der Waals surface area contributed by atoms with E-state index in [0.29, 0.717) is 23.2 Å². The Morgan fingerprint density at radius 3 is 2.41 bits per heavy atom. The van der Waals surface area contributed by atoms with Gasteiger partial charge in [-0.1, -0.05) is 13.8 Å². The molecule has 1 amide bonds. The van der Waals surface area contributed by atoms with Gasteiger partial charge in [-0.3, -0.25) is 19.9 Å². The Hall–Kier alpha value is -2.96. The highest BCUT2D eigenvalue weighted by atomic mass is 16.6. The van der Waals surface area contributed by atoms with Gasteiger partial charge in [-0.05, 0) is 62.8 Å². The van der Waals surface area contributed by atoms with Gasteiger partial charge in [-0.15, -0.1) is 0 Å². The highest BCUT2D eigenvalue weighted by Crippen LogP contribution is 2.34. The van der Waals surface area contributed by atoms with Crippen LogP contribution in [0.4, 0.5) is 17.1 Å². The minimum Gasteiger partial charge on any atom is -0.365 e. The topological polar surface area (TPSA) is 88.4 Å². The number of rotatable bonds is 4. The number of carbonyl (C=O) groups is 1. The molecule has 1 aliphatic heterocycles. The van der Waals surface area contributed by atoms with E-state index in [9.17, 15) is 14.9 Å². The number of hydrogen-bond donors (Lipinski definition) is 1. The Morgan fingerprint density at radius 1 is 1.17 bits per heavy atom. The number of anilines is 2. The zero-order chi connectivity index (χ0) is 21.3. The van der Waals surface area contributed by atoms with E-state index in [-0.39, 0.29) is 17.2 Å². The Balaban J connectivity index is 1.90. The van der Waals surface area contributed by atoms with Crippen molar-refractivity contribution in [1.29, 1.82) is 0 Å². The van der Waals surface area contributed by atoms with E-state index in [1.807, 2.05) is 26.8 Å². The van der Waals surface area contributed by atoms with Crippen molar-refractivity contribution in [3.8, 4) is 0 Å². The molecule has 2 unspecified atom stereocenters. The van der Waals surface area contributed by atoms with Gasteiger partial charge < -0.3 is 10.2 Å². The van der Waals surface area contributed by atoms with Crippen molar-refractivity contribution in [2.75, 3.05) is 23.3 Å². The van der Waals surface area contributed by atoms with Gasteiger partial charge >= 0.3 is 0 Å². The second kappa shape index (κ2) is 8.19. The number of aryl methyl sites for hydroxylation is 3. The van der Waals surface area contributed by atoms with Crippen LogP contribution in [0.2, 0.25) is 0 Å². The number of nitro groups is 1. The van der Waals surface area contributed by atoms with Crippen molar-refractivity contribution in [3.05, 3.63) is 56.9 Å². The lowest BCUT2D eigenvalue weighted by Crippen LogP contribution is -2.39. The van der Waals surface area contributed by atoms with E-state index in [0.717, 1.165) is 36.5 Å². The zero-order valence-corrected chi connectivity index (χ0v) is 17.7. The van der Waals surface area contributed by atoms with Crippen LogP contribution in [-0.4, -0.2) is 28.9 Å². The summed E-state index contributed by atoms with van der Waals surface area (Å²) in [6, 6.07) is 6.63. The van der Waals surface area contributed by atoms with Crippen LogP contribution in [0, 0.1) is 42.7 Å². The maximum absolute atomic E-state index is 12.8. The van der Waals surface area contributed by atoms with Gasteiger partial charge in [0.05, 0.1) is 16.3 Å². The summed E-state index contributed by atoms with van der Waals surface area (Å²) in [7, 11) is 0. The summed E-state index contributed by atoms with van der Waals surface area (Å²) in [4.78, 5) is 30.6. The molecule has 2 atom stereocenters. The lowest BCUT2D eigenvalue weighted by atomic mass is 9.91. The molecular weight excluding hydrogens is 368 g/mol. The first-order valence-electron chi connectivity index (χ1n) is 9.95. The number of nitro benzene ring substituents is 1. The molecule has 0 saturated carbocycles. The van der Waals surface area contributed by atoms with E-state index in [1.165, 1.54) is 6.07 Å². The number of piperidine rings is 1. The van der Waals surface area contributed by atoms with Gasteiger partial charge in [0.1, 0.15) is 5.69 Å². The molecule has 154 valence electrons. The number of benzene rings is 1. The van der Waals surface area contributed by atoms with Crippen molar-refractivity contribution >= 4 is 23.0 Å². The van der Waals surface area contributed by atoms with Crippen molar-refractivity contribution in [2.45, 2.75) is 41.0 Å². The Labute approximate surface area is 171 Å². The first-order chi connectivity index (χ1) is 13.7. The highest BCUT2D eigenvalue weighted by molar-refractivity contribution is 6.05. The maximum Gasteiger partial charge on any atom is 0.293 e. The third-order valence-corrected chi connectivity index (χ3v) is 5.41. The van der Waals surface area contributed by atoms with Crippen LogP contribution >= 0.6 is 0 Å². The van der Waals surface area contributed by atoms with Gasteiger partial charge in [-0.2, -0.15) is 0 Å². The number of pyridine rings is 1. The van der Waals surface area contributed by atoms with E-state index in [1.54, 1.807) is 12.1 Å². The predicted molar refractivity (Wildman–Crippen MR) is 115 cm³/mol. The maximum atomic E-state index is 12.8. The van der Waals surface area contributed by atoms with Crippen molar-refractivity contribution < 1.29 is 9.72 Å². The van der Waals surface area contributed by atoms with Crippen LogP contribution in [0.1, 0.15) is 47.6 Å². The number of hydrogen-bond acceptors (Lipinski definition) is 5. The Morgan fingerprint density at radius 2 is 1.83 bits per heavy atom. The number of nitrogens with zero attached hydrogens (tertiary/aromatic N) is 3. The average Bonchev–Trinajstić information content (AvgIpc) is 2.63. The molecule has 0 spiro atoms. The predicted octanol–water partition coefficient (Wildman–Crippen LogP) is 4.65. The van der Waals surface area contributed by atoms with Gasteiger partial charge in [0.15, 0.2) is 0 Å². The third-order valence-electron chi connectivity index (χ3n) is 5.41. The Bertz CT molecular complexity index is 924. The molecule has 1 aliphatic rings. The number of amides is 1. The third kappa shape index (κ3) is 4.55. The molecule has 0 bridgehead atoms. The minimum atomic E-state index is -0.403. The fourth-order valence-electron chi connectivity index (χ4n) is 4.34. The zero-order valence-electron chi connectivity index (χ0n) is 17.7. The number of nitrogens with one attached hydrogen (secondary N) is 1. The lowest BCUT2D eigenvalue weighted by molar-refractivity contribution is -0.384. The molecular formula is C22H28N4O3. The van der Waals surface area contributed by atoms with Crippen LogP contribution in [0.3, 0.4) is 0 Å². The molecule has 1 saturated heterocycles. The van der Waals surface area contributed by atoms with Gasteiger partial charge in [0.25, 0.3) is 11.6 Å². The SMILES string of the molecule is Cc1cc(C)c(NC(=O)c2ccc(N3CC(C)CC(C)C3)c([N+](=O)[O-])c2)c(C)n1. The lowest BCUT2D eigenvalue weighted by Gasteiger charge is -2.36. The minimum absolute atomic E-state index is 0.0329. The Kier molecular flexibility index (Phi) is 5.86. The summed E-state index contributed by atoms with van der Waals surface area (Å²) in [5.74, 6) is 0.569. The van der Waals surface area contributed by atoms with E-state index in [2.05, 4.69) is 29.0 Å². The molecule has 0 aliphatic carbocycles. The van der Waals surface area contributed by atoms with Crippen LogP contribution in [0.5, 0.6) is 0 Å². The fraction of sp³-hybridized carbons (Fsp3) is 0.455. The summed E-state index contributed by atoms with van der Waals surface area (Å²) in [6.45, 7) is 11.5. The van der Waals surface area contributed by atoms with Crippen LogP contribution < -0.4 is 10.2 Å². The van der Waals surface area contributed by atoms with Crippen molar-refractivity contribution in [1.82, 2.24) is 4.98 Å². The molecule has 7 heteroatoms. The summed E-state index contributed by atoms with van der Waals surface area (Å²) >= 11 is 0. The molecule has 3 rings (SSSR count). The second-order valence-electron chi connectivity index (χ2n) is 8.31. The van der Waals surface area contributed by atoms with Gasteiger partial charge in [-0.25, -0.2) is 0 Å². The van der Waals surface area contributed by atoms with E-state index >= 15 is 0 Å². The summed E-state index contributed by atoms with van der Waals surface area (Å²) < 4.78 is 0. The van der Waals surface area contributed by atoms with E-state index in [4.69, 9.17) is 0 Å². The van der Waals surface area contributed by atoms with Crippen LogP contribution in [-0.2, 0) is 0 Å². The molecule has 0 radical (unpaired) electrons. The monoisotopic (exact) mass is 396 g/mol. The first-order valence-corrected chi connectivity index (χ1v) is 9.95. The molecule has 2 heterocycles. The van der Waals surface area contributed by atoms with Gasteiger partial charge in [0, 0.05) is 30.4 Å². The normalized spacial score (nSPS) is 19.1. The molecule has 1 aromatic carbocycles. The fourth-order valence-corrected chi connectivity index (χ4v) is 4.34. The number of aromatic nitrogens is 1. The standard InChI is InChI=1S/C22H28N4O3/c1-13-8-14(2)12-25(11-13)19-7-6-18(10-20(19)26(28)29)22(27)24-21-15(3)9-16(4)23-17(21)5/h6-7,9-10,13-14H,8,11-12H2,1-5H3,(H,24,27). The van der Waals surface area contributed by atoms with Crippen LogP contribution in [0.25, 0.3) is 0 Å². The first kappa shape index (κ1) is 20.8. The van der Waals surface area contributed by atoms with Gasteiger partial charge in [0.2, 0.25) is 0 Å². The summed E-state index contributed by atoms with van der Waals surface area (Å²) in [5, 5.41) is 14.6. The molecule has 7 nitrogen and oxygen atoms in total.